The summed E-state index contributed by atoms with van der Waals surface area (Å²) in [5.74, 6) is -0.211. The number of rotatable bonds is 6. The van der Waals surface area contributed by atoms with Crippen LogP contribution in [0.15, 0.2) is 30.6 Å². The summed E-state index contributed by atoms with van der Waals surface area (Å²) in [6, 6.07) is 4.76. The van der Waals surface area contributed by atoms with Gasteiger partial charge in [-0.25, -0.2) is 9.97 Å². The highest BCUT2D eigenvalue weighted by atomic mass is 35.5. The van der Waals surface area contributed by atoms with E-state index in [1.807, 2.05) is 19.0 Å². The fourth-order valence-electron chi connectivity index (χ4n) is 2.00. The van der Waals surface area contributed by atoms with Gasteiger partial charge in [0.2, 0.25) is 0 Å². The molecule has 0 fully saturated rings. The molecule has 0 aliphatic carbocycles. The van der Waals surface area contributed by atoms with E-state index in [0.717, 1.165) is 18.5 Å². The van der Waals surface area contributed by atoms with Gasteiger partial charge in [-0.05, 0) is 32.3 Å². The molecule has 0 aliphatic heterocycles. The third kappa shape index (κ3) is 5.57. The Kier molecular flexibility index (Phi) is 6.38. The Hall–Kier alpha value is -2.39. The quantitative estimate of drug-likeness (QED) is 0.796. The van der Waals surface area contributed by atoms with Crippen molar-refractivity contribution < 1.29 is 18.0 Å². The van der Waals surface area contributed by atoms with Gasteiger partial charge < -0.3 is 15.5 Å². The van der Waals surface area contributed by atoms with Gasteiger partial charge in [-0.1, -0.05) is 11.6 Å². The predicted octanol–water partition coefficient (Wildman–Crippen LogP) is 3.18. The monoisotopic (exact) mass is 387 g/mol. The van der Waals surface area contributed by atoms with Gasteiger partial charge in [0.05, 0.1) is 10.6 Å². The van der Waals surface area contributed by atoms with Gasteiger partial charge in [0.1, 0.15) is 17.8 Å². The van der Waals surface area contributed by atoms with Crippen LogP contribution in [0.25, 0.3) is 0 Å². The maximum absolute atomic E-state index is 12.9. The number of amides is 1. The van der Waals surface area contributed by atoms with Gasteiger partial charge in [-0.3, -0.25) is 4.79 Å². The van der Waals surface area contributed by atoms with Crippen molar-refractivity contribution in [2.45, 2.75) is 6.18 Å². The van der Waals surface area contributed by atoms with E-state index in [4.69, 9.17) is 11.6 Å². The first kappa shape index (κ1) is 19.9. The smallest absolute Gasteiger partial charge is 0.349 e. The lowest BCUT2D eigenvalue weighted by Crippen LogP contribution is -2.31. The number of carbonyl (C=O) groups is 1. The van der Waals surface area contributed by atoms with E-state index in [1.165, 1.54) is 12.1 Å². The van der Waals surface area contributed by atoms with E-state index in [-0.39, 0.29) is 17.2 Å². The van der Waals surface area contributed by atoms with E-state index >= 15 is 0 Å². The van der Waals surface area contributed by atoms with Crippen LogP contribution in [0.2, 0.25) is 5.02 Å². The van der Waals surface area contributed by atoms with E-state index < -0.39 is 22.7 Å². The fraction of sp³-hybridized carbons (Fsp3) is 0.312. The lowest BCUT2D eigenvalue weighted by molar-refractivity contribution is -0.137. The van der Waals surface area contributed by atoms with Crippen LogP contribution in [0.4, 0.5) is 24.7 Å². The minimum Gasteiger partial charge on any atom is -0.349 e. The van der Waals surface area contributed by atoms with Crippen molar-refractivity contribution in [2.75, 3.05) is 32.5 Å². The Balaban J connectivity index is 2.12. The summed E-state index contributed by atoms with van der Waals surface area (Å²) in [4.78, 5) is 21.7. The molecule has 0 saturated carbocycles. The predicted molar refractivity (Wildman–Crippen MR) is 92.7 cm³/mol. The zero-order valence-electron chi connectivity index (χ0n) is 14.1. The molecule has 1 amide bonds. The van der Waals surface area contributed by atoms with E-state index in [9.17, 15) is 18.0 Å². The highest BCUT2D eigenvalue weighted by Crippen LogP contribution is 2.36. The summed E-state index contributed by atoms with van der Waals surface area (Å²) in [6.45, 7) is 1.09. The number of benzene rings is 1. The van der Waals surface area contributed by atoms with Crippen molar-refractivity contribution in [3.63, 3.8) is 0 Å². The Bertz CT molecular complexity index is 783. The van der Waals surface area contributed by atoms with Crippen molar-refractivity contribution in [2.24, 2.45) is 0 Å². The van der Waals surface area contributed by atoms with Gasteiger partial charge in [0.15, 0.2) is 0 Å². The van der Waals surface area contributed by atoms with Crippen LogP contribution in [0.1, 0.15) is 16.1 Å². The first-order chi connectivity index (χ1) is 12.2. The maximum atomic E-state index is 12.9. The number of hydrogen-bond donors (Lipinski definition) is 2. The summed E-state index contributed by atoms with van der Waals surface area (Å²) in [6.07, 6.45) is -3.41. The molecule has 26 heavy (non-hydrogen) atoms. The molecule has 1 aromatic carbocycles. The van der Waals surface area contributed by atoms with Crippen LogP contribution >= 0.6 is 11.6 Å². The zero-order valence-corrected chi connectivity index (χ0v) is 14.8. The minimum atomic E-state index is -4.57. The van der Waals surface area contributed by atoms with Crippen LogP contribution in [0, 0.1) is 0 Å². The molecule has 0 spiro atoms. The topological polar surface area (TPSA) is 70.2 Å². The first-order valence-corrected chi connectivity index (χ1v) is 7.93. The molecule has 0 radical (unpaired) electrons. The Morgan fingerprint density at radius 3 is 2.62 bits per heavy atom. The summed E-state index contributed by atoms with van der Waals surface area (Å²) in [5.41, 5.74) is -0.717. The molecule has 0 bridgehead atoms. The average Bonchev–Trinajstić information content (AvgIpc) is 2.55. The highest BCUT2D eigenvalue weighted by molar-refractivity contribution is 6.31. The van der Waals surface area contributed by atoms with Crippen LogP contribution in [-0.2, 0) is 6.18 Å². The van der Waals surface area contributed by atoms with Crippen LogP contribution < -0.4 is 10.6 Å². The molecule has 1 aromatic heterocycles. The van der Waals surface area contributed by atoms with Crippen molar-refractivity contribution in [3.8, 4) is 0 Å². The Morgan fingerprint density at radius 1 is 1.23 bits per heavy atom. The van der Waals surface area contributed by atoms with E-state index in [1.54, 1.807) is 0 Å². The Morgan fingerprint density at radius 2 is 1.96 bits per heavy atom. The first-order valence-electron chi connectivity index (χ1n) is 7.55. The van der Waals surface area contributed by atoms with Crippen molar-refractivity contribution in [1.82, 2.24) is 20.2 Å². The highest BCUT2D eigenvalue weighted by Gasteiger charge is 2.33. The average molecular weight is 388 g/mol. The molecule has 2 N–H and O–H groups in total. The van der Waals surface area contributed by atoms with Crippen molar-refractivity contribution in [3.05, 3.63) is 46.9 Å². The standard InChI is InChI=1S/C16H17ClF3N5O/c1-25(2)6-5-21-15(26)13-8-14(23-9-22-13)24-10-3-4-12(17)11(7-10)16(18,19)20/h3-4,7-9H,5-6H2,1-2H3,(H,21,26)(H,22,23,24). The molecule has 2 rings (SSSR count). The number of alkyl halides is 3. The second kappa shape index (κ2) is 8.33. The van der Waals surface area contributed by atoms with Crippen LogP contribution in [0.5, 0.6) is 0 Å². The fourth-order valence-corrected chi connectivity index (χ4v) is 2.23. The largest absolute Gasteiger partial charge is 0.417 e. The van der Waals surface area contributed by atoms with Gasteiger partial charge in [0, 0.05) is 24.8 Å². The third-order valence-electron chi connectivity index (χ3n) is 3.29. The molecule has 6 nitrogen and oxygen atoms in total. The summed E-state index contributed by atoms with van der Waals surface area (Å²) in [7, 11) is 3.75. The van der Waals surface area contributed by atoms with Gasteiger partial charge in [0.25, 0.3) is 5.91 Å². The van der Waals surface area contributed by atoms with Gasteiger partial charge in [-0.15, -0.1) is 0 Å². The van der Waals surface area contributed by atoms with E-state index in [0.29, 0.717) is 13.1 Å². The van der Waals surface area contributed by atoms with Gasteiger partial charge >= 0.3 is 6.18 Å². The second-order valence-electron chi connectivity index (χ2n) is 5.67. The lowest BCUT2D eigenvalue weighted by Gasteiger charge is -2.12. The number of hydrogen-bond acceptors (Lipinski definition) is 5. The Labute approximate surface area is 153 Å². The number of anilines is 2. The second-order valence-corrected chi connectivity index (χ2v) is 6.07. The van der Waals surface area contributed by atoms with Crippen molar-refractivity contribution in [1.29, 1.82) is 0 Å². The molecule has 0 atom stereocenters. The molecule has 10 heteroatoms. The summed E-state index contributed by atoms with van der Waals surface area (Å²) < 4.78 is 38.8. The van der Waals surface area contributed by atoms with Crippen LogP contribution in [0.3, 0.4) is 0 Å². The minimum absolute atomic E-state index is 0.103. The van der Waals surface area contributed by atoms with Gasteiger partial charge in [-0.2, -0.15) is 13.2 Å². The van der Waals surface area contributed by atoms with E-state index in [2.05, 4.69) is 20.6 Å². The van der Waals surface area contributed by atoms with Crippen LogP contribution in [-0.4, -0.2) is 48.0 Å². The maximum Gasteiger partial charge on any atom is 0.417 e. The molecule has 1 heterocycles. The third-order valence-corrected chi connectivity index (χ3v) is 3.62. The molecule has 0 aliphatic rings. The molecule has 0 unspecified atom stereocenters. The summed E-state index contributed by atoms with van der Waals surface area (Å²) in [5, 5.41) is 5.01. The molecule has 0 saturated heterocycles. The summed E-state index contributed by atoms with van der Waals surface area (Å²) >= 11 is 5.59. The molecule has 140 valence electrons. The number of aromatic nitrogens is 2. The SMILES string of the molecule is CN(C)CCNC(=O)c1cc(Nc2ccc(Cl)c(C(F)(F)F)c2)ncn1. The number of nitrogens with one attached hydrogen (secondary N) is 2. The number of halogens is 4. The molecular formula is C16H17ClF3N5O. The number of likely N-dealkylation sites (N-methyl/N-ethyl adjacent to an activating group) is 1. The number of nitrogens with zero attached hydrogens (tertiary/aromatic N) is 3. The normalized spacial score (nSPS) is 11.5. The molecule has 2 aromatic rings. The molecular weight excluding hydrogens is 371 g/mol. The lowest BCUT2D eigenvalue weighted by atomic mass is 10.2. The van der Waals surface area contributed by atoms with Crippen molar-refractivity contribution >= 4 is 29.0 Å². The zero-order chi connectivity index (χ0) is 19.3. The number of carbonyl (C=O) groups excluding carboxylic acids is 1.